The minimum Gasteiger partial charge on any atom is -0.453 e. The Hall–Kier alpha value is -4.30. The number of hydrogen-bond acceptors (Lipinski definition) is 10. The van der Waals surface area contributed by atoms with Crippen LogP contribution in [0.25, 0.3) is 10.9 Å². The van der Waals surface area contributed by atoms with E-state index in [4.69, 9.17) is 18.9 Å². The molecule has 1 spiro atoms. The number of carbonyl (C=O) groups is 1. The average Bonchev–Trinajstić information content (AvgIpc) is 3.09. The first-order valence-electron chi connectivity index (χ1n) is 17.5. The van der Waals surface area contributed by atoms with Crippen molar-refractivity contribution < 1.29 is 36.6 Å². The molecule has 3 aromatic rings. The van der Waals surface area contributed by atoms with Crippen molar-refractivity contribution >= 4 is 32.9 Å². The zero-order valence-corrected chi connectivity index (χ0v) is 30.7. The lowest BCUT2D eigenvalue weighted by Crippen LogP contribution is -2.51. The van der Waals surface area contributed by atoms with Crippen LogP contribution in [-0.4, -0.2) is 85.1 Å². The minimum absolute atomic E-state index is 0.0127. The third-order valence-electron chi connectivity index (χ3n) is 9.90. The second-order valence-corrected chi connectivity index (χ2v) is 16.6. The van der Waals surface area contributed by atoms with E-state index in [9.17, 15) is 23.3 Å². The molecule has 14 nitrogen and oxygen atoms in total. The number of nitriles is 1. The predicted octanol–water partition coefficient (Wildman–Crippen LogP) is 5.68. The van der Waals surface area contributed by atoms with Crippen LogP contribution in [0.5, 0.6) is 11.5 Å². The smallest absolute Gasteiger partial charge is 0.410 e. The predicted molar refractivity (Wildman–Crippen MR) is 190 cm³/mol. The number of piperidine rings is 1. The summed E-state index contributed by atoms with van der Waals surface area (Å²) in [6.45, 7) is 7.43. The molecule has 1 aliphatic carbocycles. The molecule has 3 heterocycles. The third kappa shape index (κ3) is 8.33. The number of nitrogens with zero attached hydrogens (tertiary/aromatic N) is 5. The number of carbonyl (C=O) groups excluding carboxylic acids is 1. The Morgan fingerprint density at radius 1 is 1.19 bits per heavy atom. The Kier molecular flexibility index (Phi) is 10.8. The van der Waals surface area contributed by atoms with E-state index in [0.717, 1.165) is 61.4 Å². The number of anilines is 1. The second-order valence-electron chi connectivity index (χ2n) is 14.8. The highest BCUT2D eigenvalue weighted by Gasteiger charge is 2.47. The zero-order valence-electron chi connectivity index (χ0n) is 29.9. The number of amides is 1. The summed E-state index contributed by atoms with van der Waals surface area (Å²) in [5, 5.41) is 10.2. The van der Waals surface area contributed by atoms with Crippen molar-refractivity contribution in [3.05, 3.63) is 58.4 Å². The maximum Gasteiger partial charge on any atom is 0.410 e. The van der Waals surface area contributed by atoms with Crippen LogP contribution in [0.1, 0.15) is 77.3 Å². The average molecular weight is 741 g/mol. The van der Waals surface area contributed by atoms with E-state index < -0.39 is 27.4 Å². The van der Waals surface area contributed by atoms with Gasteiger partial charge in [-0.1, -0.05) is 0 Å². The second kappa shape index (κ2) is 15.0. The summed E-state index contributed by atoms with van der Waals surface area (Å²) in [5.74, 6) is -1.32. The molecule has 1 unspecified atom stereocenters. The van der Waals surface area contributed by atoms with Gasteiger partial charge in [0.15, 0.2) is 17.9 Å². The van der Waals surface area contributed by atoms with Crippen molar-refractivity contribution in [2.75, 3.05) is 44.6 Å². The van der Waals surface area contributed by atoms with Crippen LogP contribution in [0.15, 0.2) is 41.5 Å². The number of nitrogens with one attached hydrogen (secondary N) is 1. The summed E-state index contributed by atoms with van der Waals surface area (Å²) in [6, 6.07) is 8.43. The molecule has 2 saturated heterocycles. The van der Waals surface area contributed by atoms with Gasteiger partial charge in [-0.2, -0.15) is 18.0 Å². The summed E-state index contributed by atoms with van der Waals surface area (Å²) in [7, 11) is -2.81. The van der Waals surface area contributed by atoms with E-state index in [1.54, 1.807) is 15.5 Å². The van der Waals surface area contributed by atoms with Crippen molar-refractivity contribution in [3.63, 3.8) is 0 Å². The van der Waals surface area contributed by atoms with Crippen molar-refractivity contribution in [3.8, 4) is 17.6 Å². The Morgan fingerprint density at radius 2 is 1.94 bits per heavy atom. The van der Waals surface area contributed by atoms with Crippen molar-refractivity contribution in [1.29, 1.82) is 5.26 Å². The fourth-order valence-electron chi connectivity index (χ4n) is 6.94. The number of rotatable bonds is 10. The molecular weight excluding hydrogens is 695 g/mol. The Labute approximate surface area is 302 Å². The van der Waals surface area contributed by atoms with E-state index in [2.05, 4.69) is 9.71 Å². The van der Waals surface area contributed by atoms with Crippen molar-refractivity contribution in [2.24, 2.45) is 5.41 Å². The first kappa shape index (κ1) is 37.5. The normalized spacial score (nSPS) is 19.3. The van der Waals surface area contributed by atoms with E-state index in [1.165, 1.54) is 25.5 Å². The molecule has 2 aromatic carbocycles. The maximum absolute atomic E-state index is 15.2. The van der Waals surface area contributed by atoms with Crippen molar-refractivity contribution in [1.82, 2.24) is 18.8 Å². The molecule has 1 aromatic heterocycles. The van der Waals surface area contributed by atoms with Crippen molar-refractivity contribution in [2.45, 2.75) is 83.6 Å². The third-order valence-corrected chi connectivity index (χ3v) is 11.4. The van der Waals surface area contributed by atoms with Crippen LogP contribution in [0.2, 0.25) is 0 Å². The monoisotopic (exact) mass is 740 g/mol. The summed E-state index contributed by atoms with van der Waals surface area (Å²) < 4.78 is 68.9. The van der Waals surface area contributed by atoms with Crippen LogP contribution in [0, 0.1) is 22.6 Å². The van der Waals surface area contributed by atoms with Crippen LogP contribution < -0.4 is 15.0 Å². The molecular formula is C36H45FN6O8S. The first-order chi connectivity index (χ1) is 24.7. The molecule has 1 saturated carbocycles. The minimum atomic E-state index is -4.16. The van der Waals surface area contributed by atoms with Crippen LogP contribution in [-0.2, 0) is 24.4 Å². The van der Waals surface area contributed by atoms with Gasteiger partial charge >= 0.3 is 16.3 Å². The van der Waals surface area contributed by atoms with Crippen LogP contribution >= 0.6 is 0 Å². The van der Waals surface area contributed by atoms with Gasteiger partial charge in [-0.15, -0.1) is 0 Å². The van der Waals surface area contributed by atoms with Gasteiger partial charge in [0, 0.05) is 39.3 Å². The fraction of sp³-hybridized carbons (Fsp3) is 0.556. The summed E-state index contributed by atoms with van der Waals surface area (Å²) >= 11 is 0. The highest BCUT2D eigenvalue weighted by molar-refractivity contribution is 7.90. The number of ether oxygens (including phenoxy) is 4. The van der Waals surface area contributed by atoms with E-state index in [-0.39, 0.29) is 64.9 Å². The molecule has 1 atom stereocenters. The van der Waals surface area contributed by atoms with Gasteiger partial charge in [0.1, 0.15) is 23.0 Å². The quantitative estimate of drug-likeness (QED) is 0.273. The first-order valence-corrected chi connectivity index (χ1v) is 19.0. The Morgan fingerprint density at radius 3 is 2.62 bits per heavy atom. The molecule has 3 fully saturated rings. The molecule has 6 rings (SSSR count). The Bertz CT molecular complexity index is 2010. The molecule has 1 N–H and O–H groups in total. The van der Waals surface area contributed by atoms with Gasteiger partial charge in [0.25, 0.3) is 5.56 Å². The number of aromatic nitrogens is 2. The molecule has 0 radical (unpaired) electrons. The lowest BCUT2D eigenvalue weighted by atomic mass is 9.60. The molecule has 2 aliphatic heterocycles. The molecule has 0 bridgehead atoms. The molecule has 16 heteroatoms. The van der Waals surface area contributed by atoms with Gasteiger partial charge in [-0.25, -0.2) is 14.2 Å². The van der Waals surface area contributed by atoms with E-state index >= 15 is 4.39 Å². The SMILES string of the molecule is CN(CCOC1CCCCO1)S(=O)(=O)Nc1ccc(F)c(Oc2ccc3ncn(C4CC5(CCN(C(=O)OC(C)(C)C)CC5)C4)c(=O)c3c2)c1C#N. The summed E-state index contributed by atoms with van der Waals surface area (Å²) in [6.07, 6.45) is 6.71. The number of benzene rings is 2. The fourth-order valence-corrected chi connectivity index (χ4v) is 7.86. The number of halogens is 1. The summed E-state index contributed by atoms with van der Waals surface area (Å²) in [4.78, 5) is 32.5. The van der Waals surface area contributed by atoms with Gasteiger partial charge < -0.3 is 23.8 Å². The van der Waals surface area contributed by atoms with Crippen LogP contribution in [0.3, 0.4) is 0 Å². The summed E-state index contributed by atoms with van der Waals surface area (Å²) in [5.41, 5.74) is -0.943. The molecule has 3 aliphatic rings. The number of hydrogen-bond donors (Lipinski definition) is 1. The van der Waals surface area contributed by atoms with E-state index in [0.29, 0.717) is 25.2 Å². The van der Waals surface area contributed by atoms with Gasteiger partial charge in [0.2, 0.25) is 0 Å². The number of likely N-dealkylation sites (tertiary alicyclic amines) is 1. The van der Waals surface area contributed by atoms with Gasteiger partial charge in [-0.3, -0.25) is 14.1 Å². The maximum atomic E-state index is 15.2. The lowest BCUT2D eigenvalue weighted by molar-refractivity contribution is -0.162. The molecule has 280 valence electrons. The number of fused-ring (bicyclic) bond motifs is 1. The van der Waals surface area contributed by atoms with E-state index in [1.807, 2.05) is 26.8 Å². The molecule has 52 heavy (non-hydrogen) atoms. The van der Waals surface area contributed by atoms with Crippen LogP contribution in [0.4, 0.5) is 14.9 Å². The Balaban J connectivity index is 1.13. The topological polar surface area (TPSA) is 165 Å². The standard InChI is InChI=1S/C36H45FN6O8S/c1-35(2,3)51-34(45)42-14-12-36(13-15-42)20-24(21-36)43-23-39-29-10-8-25(19-26(29)33(43)44)50-32-27(22-38)30(11-9-28(32)37)40-52(46,47)41(4)16-18-49-31-7-5-6-17-48-31/h8-11,19,23-24,31,40H,5-7,12-18,20-21H2,1-4H3. The zero-order chi connectivity index (χ0) is 37.3. The largest absolute Gasteiger partial charge is 0.453 e. The molecule has 1 amide bonds. The number of likely N-dealkylation sites (N-methyl/N-ethyl adjacent to an activating group) is 1. The highest BCUT2D eigenvalue weighted by Crippen LogP contribution is 2.54. The highest BCUT2D eigenvalue weighted by atomic mass is 32.2. The lowest BCUT2D eigenvalue weighted by Gasteiger charge is -2.52. The van der Waals surface area contributed by atoms with Gasteiger partial charge in [0.05, 0.1) is 29.5 Å². The van der Waals surface area contributed by atoms with Gasteiger partial charge in [-0.05, 0) is 101 Å².